The van der Waals surface area contributed by atoms with Gasteiger partial charge in [-0.15, -0.1) is 10.2 Å². The molecule has 3 aromatic carbocycles. The third-order valence-electron chi connectivity index (χ3n) is 4.48. The van der Waals surface area contributed by atoms with E-state index < -0.39 is 11.7 Å². The van der Waals surface area contributed by atoms with Gasteiger partial charge in [0.1, 0.15) is 16.9 Å². The first kappa shape index (κ1) is 16.9. The molecule has 0 aliphatic rings. The first-order valence-corrected chi connectivity index (χ1v) is 8.52. The summed E-state index contributed by atoms with van der Waals surface area (Å²) in [7, 11) is 0. The molecular formula is C21H17FN4O. The van der Waals surface area contributed by atoms with Crippen LogP contribution in [0.15, 0.2) is 60.7 Å². The number of nitrogens with one attached hydrogen (secondary N) is 1. The molecule has 1 heterocycles. The number of amides is 1. The van der Waals surface area contributed by atoms with E-state index in [1.165, 1.54) is 17.7 Å². The third kappa shape index (κ3) is 3.29. The van der Waals surface area contributed by atoms with Crippen LogP contribution >= 0.6 is 0 Å². The second kappa shape index (κ2) is 6.64. The highest BCUT2D eigenvalue weighted by Crippen LogP contribution is 2.20. The summed E-state index contributed by atoms with van der Waals surface area (Å²) >= 11 is 0. The zero-order valence-corrected chi connectivity index (χ0v) is 14.9. The number of carbonyl (C=O) groups is 1. The quantitative estimate of drug-likeness (QED) is 0.588. The number of aryl methyl sites for hydroxylation is 2. The predicted molar refractivity (Wildman–Crippen MR) is 103 cm³/mol. The van der Waals surface area contributed by atoms with Gasteiger partial charge in [0.2, 0.25) is 0 Å². The molecule has 6 heteroatoms. The fraction of sp³-hybridized carbons (Fsp3) is 0.0952. The smallest absolute Gasteiger partial charge is 0.258 e. The molecule has 27 heavy (non-hydrogen) atoms. The molecule has 0 unspecified atom stereocenters. The number of anilines is 1. The molecule has 0 aliphatic heterocycles. The van der Waals surface area contributed by atoms with Crippen LogP contribution in [0.2, 0.25) is 0 Å². The summed E-state index contributed by atoms with van der Waals surface area (Å²) in [6, 6.07) is 17.1. The number of hydrogen-bond donors (Lipinski definition) is 1. The van der Waals surface area contributed by atoms with E-state index in [9.17, 15) is 9.18 Å². The highest BCUT2D eigenvalue weighted by Gasteiger charge is 2.12. The molecule has 1 N–H and O–H groups in total. The van der Waals surface area contributed by atoms with Gasteiger partial charge in [0.05, 0.1) is 11.3 Å². The summed E-state index contributed by atoms with van der Waals surface area (Å²) in [5.41, 5.74) is 5.10. The number of benzene rings is 3. The van der Waals surface area contributed by atoms with E-state index in [1.807, 2.05) is 25.1 Å². The van der Waals surface area contributed by atoms with Crippen molar-refractivity contribution in [3.05, 3.63) is 83.2 Å². The molecule has 0 spiro atoms. The van der Waals surface area contributed by atoms with Crippen LogP contribution in [-0.4, -0.2) is 20.9 Å². The monoisotopic (exact) mass is 360 g/mol. The van der Waals surface area contributed by atoms with Gasteiger partial charge in [-0.25, -0.2) is 4.39 Å². The number of nitrogens with zero attached hydrogens (tertiary/aromatic N) is 3. The Morgan fingerprint density at radius 1 is 0.926 bits per heavy atom. The standard InChI is InChI=1S/C21H17FN4O/c1-13-7-9-16(11-14(13)2)26-24-19-10-8-15(12-20(19)25-26)23-21(27)17-5-3-4-6-18(17)22/h3-12H,1-2H3,(H,23,27). The number of aromatic nitrogens is 3. The summed E-state index contributed by atoms with van der Waals surface area (Å²) in [6.45, 7) is 4.09. The van der Waals surface area contributed by atoms with Gasteiger partial charge in [-0.3, -0.25) is 4.79 Å². The van der Waals surface area contributed by atoms with Crippen molar-refractivity contribution in [2.24, 2.45) is 0 Å². The molecule has 134 valence electrons. The van der Waals surface area contributed by atoms with E-state index in [2.05, 4.69) is 22.4 Å². The van der Waals surface area contributed by atoms with Gasteiger partial charge >= 0.3 is 0 Å². The fourth-order valence-corrected chi connectivity index (χ4v) is 2.80. The lowest BCUT2D eigenvalue weighted by atomic mass is 10.1. The highest BCUT2D eigenvalue weighted by molar-refractivity contribution is 6.05. The average molecular weight is 360 g/mol. The van der Waals surface area contributed by atoms with Gasteiger partial charge in [-0.2, -0.15) is 4.80 Å². The van der Waals surface area contributed by atoms with Crippen LogP contribution < -0.4 is 5.32 Å². The minimum atomic E-state index is -0.559. The highest BCUT2D eigenvalue weighted by atomic mass is 19.1. The molecule has 1 amide bonds. The van der Waals surface area contributed by atoms with Crippen LogP contribution in [0, 0.1) is 19.7 Å². The molecule has 0 bridgehead atoms. The van der Waals surface area contributed by atoms with Crippen molar-refractivity contribution >= 4 is 22.6 Å². The average Bonchev–Trinajstić information content (AvgIpc) is 3.07. The van der Waals surface area contributed by atoms with Crippen molar-refractivity contribution in [2.75, 3.05) is 5.32 Å². The summed E-state index contributed by atoms with van der Waals surface area (Å²) in [6.07, 6.45) is 0. The summed E-state index contributed by atoms with van der Waals surface area (Å²) in [5, 5.41) is 11.7. The van der Waals surface area contributed by atoms with Gasteiger partial charge in [0, 0.05) is 5.69 Å². The van der Waals surface area contributed by atoms with Crippen LogP contribution in [0.5, 0.6) is 0 Å². The largest absolute Gasteiger partial charge is 0.322 e. The van der Waals surface area contributed by atoms with Crippen molar-refractivity contribution in [1.82, 2.24) is 15.0 Å². The summed E-state index contributed by atoms with van der Waals surface area (Å²) in [4.78, 5) is 13.8. The Bertz CT molecular complexity index is 1170. The van der Waals surface area contributed by atoms with E-state index >= 15 is 0 Å². The minimum Gasteiger partial charge on any atom is -0.322 e. The Hall–Kier alpha value is -3.54. The zero-order valence-electron chi connectivity index (χ0n) is 14.9. The Kier molecular flexibility index (Phi) is 4.16. The zero-order chi connectivity index (χ0) is 19.0. The van der Waals surface area contributed by atoms with Crippen LogP contribution in [-0.2, 0) is 0 Å². The van der Waals surface area contributed by atoms with Crippen molar-refractivity contribution in [1.29, 1.82) is 0 Å². The Labute approximate surface area is 155 Å². The number of halogens is 1. The molecule has 0 aliphatic carbocycles. The molecular weight excluding hydrogens is 343 g/mol. The van der Waals surface area contributed by atoms with E-state index in [1.54, 1.807) is 35.1 Å². The van der Waals surface area contributed by atoms with Crippen molar-refractivity contribution in [3.8, 4) is 5.69 Å². The number of rotatable bonds is 3. The second-order valence-electron chi connectivity index (χ2n) is 6.40. The van der Waals surface area contributed by atoms with Gasteiger partial charge in [0.25, 0.3) is 5.91 Å². The molecule has 5 nitrogen and oxygen atoms in total. The van der Waals surface area contributed by atoms with E-state index in [0.29, 0.717) is 16.7 Å². The van der Waals surface area contributed by atoms with E-state index in [0.717, 1.165) is 11.3 Å². The van der Waals surface area contributed by atoms with E-state index in [4.69, 9.17) is 0 Å². The normalized spacial score (nSPS) is 10.9. The van der Waals surface area contributed by atoms with Gasteiger partial charge in [0.15, 0.2) is 0 Å². The Balaban J connectivity index is 1.64. The number of hydrogen-bond acceptors (Lipinski definition) is 3. The van der Waals surface area contributed by atoms with Crippen LogP contribution in [0.3, 0.4) is 0 Å². The second-order valence-corrected chi connectivity index (χ2v) is 6.40. The molecule has 0 atom stereocenters. The third-order valence-corrected chi connectivity index (χ3v) is 4.48. The first-order valence-electron chi connectivity index (χ1n) is 8.52. The summed E-state index contributed by atoms with van der Waals surface area (Å²) < 4.78 is 13.8. The van der Waals surface area contributed by atoms with Crippen molar-refractivity contribution in [3.63, 3.8) is 0 Å². The molecule has 0 fully saturated rings. The van der Waals surface area contributed by atoms with Crippen LogP contribution in [0.4, 0.5) is 10.1 Å². The lowest BCUT2D eigenvalue weighted by Crippen LogP contribution is -2.13. The lowest BCUT2D eigenvalue weighted by Gasteiger charge is -2.05. The first-order chi connectivity index (χ1) is 13.0. The molecule has 0 saturated heterocycles. The van der Waals surface area contributed by atoms with Gasteiger partial charge in [-0.05, 0) is 67.4 Å². The number of fused-ring (bicyclic) bond motifs is 1. The van der Waals surface area contributed by atoms with Crippen molar-refractivity contribution < 1.29 is 9.18 Å². The van der Waals surface area contributed by atoms with Gasteiger partial charge < -0.3 is 5.32 Å². The van der Waals surface area contributed by atoms with Crippen LogP contribution in [0.1, 0.15) is 21.5 Å². The molecule has 0 saturated carbocycles. The Morgan fingerprint density at radius 2 is 1.70 bits per heavy atom. The molecule has 0 radical (unpaired) electrons. The van der Waals surface area contributed by atoms with Gasteiger partial charge in [-0.1, -0.05) is 18.2 Å². The minimum absolute atomic E-state index is 0.00335. The number of carbonyl (C=O) groups excluding carboxylic acids is 1. The predicted octanol–water partition coefficient (Wildman–Crippen LogP) is 4.43. The molecule has 1 aromatic heterocycles. The topological polar surface area (TPSA) is 59.8 Å². The maximum Gasteiger partial charge on any atom is 0.258 e. The molecule has 4 aromatic rings. The lowest BCUT2D eigenvalue weighted by molar-refractivity contribution is 0.102. The fourth-order valence-electron chi connectivity index (χ4n) is 2.80. The maximum atomic E-state index is 13.8. The van der Waals surface area contributed by atoms with Crippen molar-refractivity contribution in [2.45, 2.75) is 13.8 Å². The van der Waals surface area contributed by atoms with E-state index in [-0.39, 0.29) is 5.56 Å². The SMILES string of the molecule is Cc1ccc(-n2nc3ccc(NC(=O)c4ccccc4F)cc3n2)cc1C. The molecule has 4 rings (SSSR count). The summed E-state index contributed by atoms with van der Waals surface area (Å²) in [5.74, 6) is -1.06. The Morgan fingerprint density at radius 3 is 2.48 bits per heavy atom. The van der Waals surface area contributed by atoms with Crippen LogP contribution in [0.25, 0.3) is 16.7 Å². The maximum absolute atomic E-state index is 13.8.